The molecule has 36 heavy (non-hydrogen) atoms. The first-order chi connectivity index (χ1) is 17.2. The summed E-state index contributed by atoms with van der Waals surface area (Å²) in [5.74, 6) is -4.36. The van der Waals surface area contributed by atoms with Crippen molar-refractivity contribution in [2.45, 2.75) is 42.8 Å². The number of hydrogen-bond acceptors (Lipinski definition) is 7. The van der Waals surface area contributed by atoms with Crippen molar-refractivity contribution in [1.29, 1.82) is 0 Å². The van der Waals surface area contributed by atoms with Crippen LogP contribution < -0.4 is 4.90 Å². The minimum absolute atomic E-state index is 0.0116. The van der Waals surface area contributed by atoms with Crippen molar-refractivity contribution < 1.29 is 33.2 Å². The third-order valence-corrected chi connectivity index (χ3v) is 7.15. The van der Waals surface area contributed by atoms with E-state index in [1.54, 1.807) is 12.1 Å². The van der Waals surface area contributed by atoms with Crippen molar-refractivity contribution in [3.8, 4) is 11.3 Å². The van der Waals surface area contributed by atoms with Gasteiger partial charge in [0.15, 0.2) is 17.5 Å². The molecule has 0 radical (unpaired) electrons. The highest BCUT2D eigenvalue weighted by atomic mass is 35.5. The van der Waals surface area contributed by atoms with E-state index in [0.29, 0.717) is 24.4 Å². The summed E-state index contributed by atoms with van der Waals surface area (Å²) in [4.78, 5) is 2.01. The second kappa shape index (κ2) is 9.64. The molecule has 2 fully saturated rings. The van der Waals surface area contributed by atoms with E-state index >= 15 is 0 Å². The Morgan fingerprint density at radius 1 is 1.14 bits per heavy atom. The average Bonchev–Trinajstić information content (AvgIpc) is 3.35. The van der Waals surface area contributed by atoms with Crippen molar-refractivity contribution in [2.24, 2.45) is 0 Å². The number of benzene rings is 2. The van der Waals surface area contributed by atoms with E-state index in [0.717, 1.165) is 17.8 Å². The van der Waals surface area contributed by atoms with E-state index < -0.39 is 54.0 Å². The molecule has 3 heterocycles. The Kier molecular flexibility index (Phi) is 6.69. The Labute approximate surface area is 209 Å². The summed E-state index contributed by atoms with van der Waals surface area (Å²) in [7, 11) is 0. The van der Waals surface area contributed by atoms with Gasteiger partial charge >= 0.3 is 0 Å². The molecule has 192 valence electrons. The van der Waals surface area contributed by atoms with Gasteiger partial charge in [0.2, 0.25) is 0 Å². The molecule has 0 unspecified atom stereocenters. The third-order valence-electron chi connectivity index (χ3n) is 6.91. The maximum absolute atomic E-state index is 13.7. The number of aromatic nitrogens is 3. The second-order valence-electron chi connectivity index (χ2n) is 9.17. The summed E-state index contributed by atoms with van der Waals surface area (Å²) >= 11 is 6.16. The highest BCUT2D eigenvalue weighted by Gasteiger charge is 2.56. The smallest absolute Gasteiger partial charge is 0.194 e. The predicted molar refractivity (Wildman–Crippen MR) is 124 cm³/mol. The first kappa shape index (κ1) is 25.0. The van der Waals surface area contributed by atoms with Gasteiger partial charge in [-0.3, -0.25) is 0 Å². The molecular formula is C24H24ClF3N4O4. The minimum Gasteiger partial charge on any atom is -0.394 e. The minimum atomic E-state index is -1.60. The average molecular weight is 525 g/mol. The second-order valence-corrected chi connectivity index (χ2v) is 9.61. The molecule has 0 bridgehead atoms. The Balaban J connectivity index is 1.48. The van der Waals surface area contributed by atoms with Gasteiger partial charge in [0.1, 0.15) is 35.6 Å². The Bertz CT molecular complexity index is 1240. The number of rotatable bonds is 4. The van der Waals surface area contributed by atoms with Crippen LogP contribution >= 0.6 is 11.6 Å². The fraction of sp³-hybridized carbons (Fsp3) is 0.417. The summed E-state index contributed by atoms with van der Waals surface area (Å²) in [5, 5.41) is 40.9. The Morgan fingerprint density at radius 3 is 2.58 bits per heavy atom. The van der Waals surface area contributed by atoms with E-state index in [2.05, 4.69) is 10.3 Å². The highest BCUT2D eigenvalue weighted by molar-refractivity contribution is 6.30. The fourth-order valence-electron chi connectivity index (χ4n) is 5.14. The van der Waals surface area contributed by atoms with Crippen LogP contribution in [0.3, 0.4) is 0 Å². The quantitative estimate of drug-likeness (QED) is 0.451. The van der Waals surface area contributed by atoms with E-state index in [1.165, 1.54) is 10.9 Å². The van der Waals surface area contributed by atoms with Crippen molar-refractivity contribution in [3.05, 3.63) is 65.1 Å². The monoisotopic (exact) mass is 524 g/mol. The number of anilines is 1. The zero-order valence-corrected chi connectivity index (χ0v) is 19.7. The van der Waals surface area contributed by atoms with Gasteiger partial charge in [0.25, 0.3) is 0 Å². The van der Waals surface area contributed by atoms with Gasteiger partial charge in [-0.05, 0) is 43.2 Å². The SMILES string of the molecule is OC[C@H]1O[C@@]2(CCCN(c3cccc(Cl)c3)C2)[C@H](O)[C@@H](n2cc(-c3cc(F)c(F)c(F)c3)nn2)[C@H]1O. The van der Waals surface area contributed by atoms with E-state index in [1.807, 2.05) is 17.0 Å². The molecule has 1 spiro atoms. The largest absolute Gasteiger partial charge is 0.394 e. The van der Waals surface area contributed by atoms with Crippen LogP contribution in [0.4, 0.5) is 18.9 Å². The highest BCUT2D eigenvalue weighted by Crippen LogP contribution is 2.42. The molecule has 3 N–H and O–H groups in total. The van der Waals surface area contributed by atoms with Gasteiger partial charge in [-0.15, -0.1) is 5.10 Å². The summed E-state index contributed by atoms with van der Waals surface area (Å²) < 4.78 is 48.2. The molecule has 0 saturated carbocycles. The Morgan fingerprint density at radius 2 is 1.89 bits per heavy atom. The number of halogens is 4. The zero-order chi connectivity index (χ0) is 25.6. The molecule has 0 amide bonds. The van der Waals surface area contributed by atoms with Crippen LogP contribution in [0.1, 0.15) is 18.9 Å². The number of nitrogens with zero attached hydrogens (tertiary/aromatic N) is 4. The molecule has 8 nitrogen and oxygen atoms in total. The maximum Gasteiger partial charge on any atom is 0.194 e. The van der Waals surface area contributed by atoms with Crippen molar-refractivity contribution in [3.63, 3.8) is 0 Å². The molecule has 12 heteroatoms. The van der Waals surface area contributed by atoms with E-state index in [4.69, 9.17) is 16.3 Å². The molecule has 2 aromatic carbocycles. The number of aliphatic hydroxyl groups is 3. The number of hydrogen-bond donors (Lipinski definition) is 3. The van der Waals surface area contributed by atoms with Crippen molar-refractivity contribution in [2.75, 3.05) is 24.6 Å². The fourth-order valence-corrected chi connectivity index (χ4v) is 5.33. The zero-order valence-electron chi connectivity index (χ0n) is 18.9. The lowest BCUT2D eigenvalue weighted by Gasteiger charge is -2.53. The van der Waals surface area contributed by atoms with E-state index in [9.17, 15) is 28.5 Å². The molecule has 5 atom stereocenters. The van der Waals surface area contributed by atoms with Crippen LogP contribution in [-0.4, -0.2) is 73.9 Å². The standard InChI is InChI=1S/C24H24ClF3N4O4/c25-14-3-1-4-15(9-14)31-6-2-5-24(12-31)23(35)21(22(34)19(11-33)36-24)32-10-18(29-30-32)13-7-16(26)20(28)17(27)8-13/h1,3-4,7-10,19,21-23,33-35H,2,5-6,11-12H2/t19-,21+,22+,23-,24-/m1/s1. The summed E-state index contributed by atoms with van der Waals surface area (Å²) in [6.45, 7) is 0.424. The maximum atomic E-state index is 13.7. The first-order valence-electron chi connectivity index (χ1n) is 11.4. The molecule has 0 aliphatic carbocycles. The van der Waals surface area contributed by atoms with Gasteiger partial charge < -0.3 is 25.0 Å². The molecule has 2 aliphatic heterocycles. The molecule has 2 saturated heterocycles. The summed E-state index contributed by atoms with van der Waals surface area (Å²) in [6.07, 6.45) is -1.29. The lowest BCUT2D eigenvalue weighted by atomic mass is 9.78. The van der Waals surface area contributed by atoms with E-state index in [-0.39, 0.29) is 17.8 Å². The number of ether oxygens (including phenoxy) is 1. The predicted octanol–water partition coefficient (Wildman–Crippen LogP) is 2.71. The van der Waals surface area contributed by atoms with Crippen molar-refractivity contribution in [1.82, 2.24) is 15.0 Å². The van der Waals surface area contributed by atoms with Gasteiger partial charge in [-0.1, -0.05) is 22.9 Å². The van der Waals surface area contributed by atoms with Gasteiger partial charge in [0.05, 0.1) is 12.8 Å². The topological polar surface area (TPSA) is 104 Å². The van der Waals surface area contributed by atoms with Crippen LogP contribution in [0.15, 0.2) is 42.6 Å². The molecule has 2 aliphatic rings. The lowest BCUT2D eigenvalue weighted by molar-refractivity contribution is -0.257. The number of aliphatic hydroxyl groups excluding tert-OH is 3. The third kappa shape index (κ3) is 4.35. The molecule has 1 aromatic heterocycles. The molecular weight excluding hydrogens is 501 g/mol. The van der Waals surface area contributed by atoms with Crippen LogP contribution in [0.2, 0.25) is 5.02 Å². The Hall–Kier alpha value is -2.70. The first-order valence-corrected chi connectivity index (χ1v) is 11.8. The van der Waals surface area contributed by atoms with Crippen molar-refractivity contribution >= 4 is 17.3 Å². The summed E-state index contributed by atoms with van der Waals surface area (Å²) in [5.41, 5.74) is -0.383. The number of piperidine rings is 1. The van der Waals surface area contributed by atoms with Crippen LogP contribution in [-0.2, 0) is 4.74 Å². The van der Waals surface area contributed by atoms with Gasteiger partial charge in [0, 0.05) is 29.4 Å². The molecule has 5 rings (SSSR count). The van der Waals surface area contributed by atoms with Crippen LogP contribution in [0.5, 0.6) is 0 Å². The molecule has 3 aromatic rings. The normalized spacial score (nSPS) is 28.6. The summed E-state index contributed by atoms with van der Waals surface area (Å²) in [6, 6.07) is 7.74. The van der Waals surface area contributed by atoms with Gasteiger partial charge in [-0.25, -0.2) is 17.9 Å². The van der Waals surface area contributed by atoms with Crippen LogP contribution in [0, 0.1) is 17.5 Å². The van der Waals surface area contributed by atoms with Gasteiger partial charge in [-0.2, -0.15) is 0 Å². The lowest BCUT2D eigenvalue weighted by Crippen LogP contribution is -2.67. The van der Waals surface area contributed by atoms with Crippen LogP contribution in [0.25, 0.3) is 11.3 Å².